The molecule has 0 saturated heterocycles. The lowest BCUT2D eigenvalue weighted by molar-refractivity contribution is 0.174. The molecule has 5 heteroatoms. The van der Waals surface area contributed by atoms with E-state index < -0.39 is 10.2 Å². The molecule has 1 fully saturated rings. The molecule has 0 aromatic heterocycles. The maximum atomic E-state index is 10.9. The summed E-state index contributed by atoms with van der Waals surface area (Å²) in [6.45, 7) is 2.66. The van der Waals surface area contributed by atoms with Crippen LogP contribution in [0.3, 0.4) is 0 Å². The highest BCUT2D eigenvalue weighted by atomic mass is 32.2. The highest BCUT2D eigenvalue weighted by Crippen LogP contribution is 2.39. The average Bonchev–Trinajstić information content (AvgIpc) is 2.16. The first kappa shape index (κ1) is 12.9. The van der Waals surface area contributed by atoms with Crippen molar-refractivity contribution in [1.29, 1.82) is 0 Å². The summed E-state index contributed by atoms with van der Waals surface area (Å²) >= 11 is 0. The molecule has 90 valence electrons. The molecule has 0 bridgehead atoms. The first-order valence-electron chi connectivity index (χ1n) is 5.75. The molecule has 1 aliphatic carbocycles. The topological polar surface area (TPSA) is 72.2 Å². The normalized spacial score (nSPS) is 21.5. The molecule has 15 heavy (non-hydrogen) atoms. The summed E-state index contributed by atoms with van der Waals surface area (Å²) in [5.74, 6) is 0. The zero-order valence-corrected chi connectivity index (χ0v) is 10.3. The Bertz CT molecular complexity index is 276. The van der Waals surface area contributed by atoms with Crippen molar-refractivity contribution in [2.75, 3.05) is 6.54 Å². The van der Waals surface area contributed by atoms with E-state index in [1.54, 1.807) is 0 Å². The summed E-state index contributed by atoms with van der Waals surface area (Å²) < 4.78 is 24.2. The Balaban J connectivity index is 2.56. The molecule has 1 aliphatic rings. The lowest BCUT2D eigenvalue weighted by Gasteiger charge is -2.37. The van der Waals surface area contributed by atoms with Gasteiger partial charge in [0, 0.05) is 6.54 Å². The molecular weight excluding hydrogens is 212 g/mol. The summed E-state index contributed by atoms with van der Waals surface area (Å²) in [5, 5.41) is 4.97. The molecule has 0 unspecified atom stereocenters. The second-order valence-corrected chi connectivity index (χ2v) is 6.06. The highest BCUT2D eigenvalue weighted by Gasteiger charge is 2.31. The van der Waals surface area contributed by atoms with Gasteiger partial charge in [0.2, 0.25) is 0 Å². The van der Waals surface area contributed by atoms with Crippen molar-refractivity contribution < 1.29 is 8.42 Å². The minimum atomic E-state index is -3.53. The van der Waals surface area contributed by atoms with Crippen LogP contribution in [0.2, 0.25) is 0 Å². The summed E-state index contributed by atoms with van der Waals surface area (Å²) in [4.78, 5) is 0. The molecule has 3 N–H and O–H groups in total. The van der Waals surface area contributed by atoms with Crippen LogP contribution < -0.4 is 9.86 Å². The van der Waals surface area contributed by atoms with Crippen molar-refractivity contribution >= 4 is 10.2 Å². The predicted molar refractivity (Wildman–Crippen MR) is 61.5 cm³/mol. The van der Waals surface area contributed by atoms with Crippen LogP contribution in [0.15, 0.2) is 0 Å². The van der Waals surface area contributed by atoms with Crippen LogP contribution in [0.5, 0.6) is 0 Å². The van der Waals surface area contributed by atoms with E-state index in [1.807, 2.05) is 0 Å². The van der Waals surface area contributed by atoms with Gasteiger partial charge in [-0.3, -0.25) is 0 Å². The number of nitrogens with two attached hydrogens (primary N) is 1. The highest BCUT2D eigenvalue weighted by molar-refractivity contribution is 7.87. The Morgan fingerprint density at radius 1 is 1.27 bits per heavy atom. The van der Waals surface area contributed by atoms with Gasteiger partial charge in [0.1, 0.15) is 0 Å². The Morgan fingerprint density at radius 3 is 2.33 bits per heavy atom. The molecule has 1 saturated carbocycles. The van der Waals surface area contributed by atoms with E-state index in [4.69, 9.17) is 5.14 Å². The van der Waals surface area contributed by atoms with Gasteiger partial charge in [-0.25, -0.2) is 9.86 Å². The van der Waals surface area contributed by atoms with Crippen LogP contribution >= 0.6 is 0 Å². The third kappa shape index (κ3) is 4.49. The number of hydrogen-bond acceptors (Lipinski definition) is 2. The Labute approximate surface area is 92.8 Å². The average molecular weight is 234 g/mol. The molecule has 0 heterocycles. The van der Waals surface area contributed by atoms with Gasteiger partial charge in [-0.15, -0.1) is 0 Å². The Morgan fingerprint density at radius 2 is 1.87 bits per heavy atom. The van der Waals surface area contributed by atoms with Crippen LogP contribution in [-0.4, -0.2) is 15.0 Å². The molecule has 1 rings (SSSR count). The summed E-state index contributed by atoms with van der Waals surface area (Å²) in [6, 6.07) is 0. The van der Waals surface area contributed by atoms with E-state index in [9.17, 15) is 8.42 Å². The van der Waals surface area contributed by atoms with Crippen LogP contribution in [0.25, 0.3) is 0 Å². The van der Waals surface area contributed by atoms with Crippen molar-refractivity contribution in [1.82, 2.24) is 4.72 Å². The zero-order valence-electron chi connectivity index (χ0n) is 9.46. The SMILES string of the molecule is CCCC1(CNS(N)(=O)=O)CCCCC1. The molecule has 0 atom stereocenters. The monoisotopic (exact) mass is 234 g/mol. The van der Waals surface area contributed by atoms with E-state index in [0.717, 1.165) is 25.7 Å². The van der Waals surface area contributed by atoms with Crippen LogP contribution in [-0.2, 0) is 10.2 Å². The maximum absolute atomic E-state index is 10.9. The van der Waals surface area contributed by atoms with E-state index >= 15 is 0 Å². The van der Waals surface area contributed by atoms with E-state index in [0.29, 0.717) is 6.54 Å². The largest absolute Gasteiger partial charge is 0.274 e. The molecule has 0 spiro atoms. The minimum absolute atomic E-state index is 0.166. The second-order valence-electron chi connectivity index (χ2n) is 4.68. The summed E-state index contributed by atoms with van der Waals surface area (Å²) in [6.07, 6.45) is 8.16. The molecule has 0 radical (unpaired) electrons. The molecule has 4 nitrogen and oxygen atoms in total. The van der Waals surface area contributed by atoms with E-state index in [-0.39, 0.29) is 5.41 Å². The van der Waals surface area contributed by atoms with Gasteiger partial charge in [0.25, 0.3) is 10.2 Å². The van der Waals surface area contributed by atoms with Gasteiger partial charge in [0.15, 0.2) is 0 Å². The fourth-order valence-electron chi connectivity index (χ4n) is 2.60. The molecule has 0 amide bonds. The third-order valence-corrected chi connectivity index (χ3v) is 3.89. The first-order valence-corrected chi connectivity index (χ1v) is 7.29. The standard InChI is InChI=1S/C10H22N2O2S/c1-2-6-10(7-4-3-5-8-10)9-12-15(11,13)14/h12H,2-9H2,1H3,(H2,11,13,14). The van der Waals surface area contributed by atoms with Crippen molar-refractivity contribution in [2.24, 2.45) is 10.6 Å². The number of rotatable bonds is 5. The quantitative estimate of drug-likeness (QED) is 0.757. The van der Waals surface area contributed by atoms with Gasteiger partial charge in [-0.1, -0.05) is 32.6 Å². The lowest BCUT2D eigenvalue weighted by atomic mass is 9.71. The van der Waals surface area contributed by atoms with Crippen molar-refractivity contribution in [3.8, 4) is 0 Å². The van der Waals surface area contributed by atoms with Crippen LogP contribution in [0.1, 0.15) is 51.9 Å². The smallest absolute Gasteiger partial charge is 0.216 e. The fourth-order valence-corrected chi connectivity index (χ4v) is 3.11. The molecule has 0 aliphatic heterocycles. The third-order valence-electron chi connectivity index (χ3n) is 3.34. The summed E-state index contributed by atoms with van der Waals surface area (Å²) in [7, 11) is -3.53. The minimum Gasteiger partial charge on any atom is -0.216 e. The van der Waals surface area contributed by atoms with Crippen LogP contribution in [0, 0.1) is 5.41 Å². The predicted octanol–water partition coefficient (Wildman–Crippen LogP) is 1.53. The van der Waals surface area contributed by atoms with Gasteiger partial charge in [0.05, 0.1) is 0 Å². The maximum Gasteiger partial charge on any atom is 0.274 e. The fraction of sp³-hybridized carbons (Fsp3) is 1.00. The summed E-state index contributed by atoms with van der Waals surface area (Å²) in [5.41, 5.74) is 0.166. The molecular formula is C10H22N2O2S. The van der Waals surface area contributed by atoms with Gasteiger partial charge >= 0.3 is 0 Å². The lowest BCUT2D eigenvalue weighted by Crippen LogP contribution is -2.41. The Kier molecular flexibility index (Phi) is 4.55. The zero-order chi connectivity index (χ0) is 11.4. The number of nitrogens with one attached hydrogen (secondary N) is 1. The van der Waals surface area contributed by atoms with Crippen molar-refractivity contribution in [3.63, 3.8) is 0 Å². The van der Waals surface area contributed by atoms with E-state index in [1.165, 1.54) is 19.3 Å². The molecule has 0 aromatic carbocycles. The Hall–Kier alpha value is -0.130. The first-order chi connectivity index (χ1) is 6.97. The molecule has 0 aromatic rings. The van der Waals surface area contributed by atoms with Crippen molar-refractivity contribution in [3.05, 3.63) is 0 Å². The van der Waals surface area contributed by atoms with E-state index in [2.05, 4.69) is 11.6 Å². The van der Waals surface area contributed by atoms with Crippen LogP contribution in [0.4, 0.5) is 0 Å². The second kappa shape index (κ2) is 5.27. The number of hydrogen-bond donors (Lipinski definition) is 2. The van der Waals surface area contributed by atoms with Gasteiger partial charge < -0.3 is 0 Å². The van der Waals surface area contributed by atoms with Crippen molar-refractivity contribution in [2.45, 2.75) is 51.9 Å². The van der Waals surface area contributed by atoms with Gasteiger partial charge in [-0.2, -0.15) is 8.42 Å². The van der Waals surface area contributed by atoms with Gasteiger partial charge in [-0.05, 0) is 24.7 Å².